The Morgan fingerprint density at radius 2 is 2.21 bits per heavy atom. The third-order valence-corrected chi connectivity index (χ3v) is 3.52. The number of nitrogens with two attached hydrogens (primary N) is 1. The lowest BCUT2D eigenvalue weighted by Crippen LogP contribution is -2.35. The highest BCUT2D eigenvalue weighted by Gasteiger charge is 2.24. The van der Waals surface area contributed by atoms with Crippen LogP contribution < -0.4 is 10.6 Å². The Hall–Kier alpha value is -2.05. The van der Waals surface area contributed by atoms with Crippen LogP contribution in [-0.2, 0) is 19.6 Å². The highest BCUT2D eigenvalue weighted by atomic mass is 15.4. The van der Waals surface area contributed by atoms with Crippen LogP contribution in [0, 0.1) is 6.92 Å². The Balaban J connectivity index is 1.94. The smallest absolute Gasteiger partial charge is 0.152 e. The highest BCUT2D eigenvalue weighted by molar-refractivity contribution is 5.66. The van der Waals surface area contributed by atoms with Crippen molar-refractivity contribution in [3.8, 4) is 0 Å². The molecule has 0 fully saturated rings. The predicted octanol–water partition coefficient (Wildman–Crippen LogP) is 0.795. The molecule has 0 aliphatic carbocycles. The van der Waals surface area contributed by atoms with Gasteiger partial charge >= 0.3 is 0 Å². The lowest BCUT2D eigenvalue weighted by molar-refractivity contribution is 0.527. The van der Waals surface area contributed by atoms with Crippen LogP contribution in [0.5, 0.6) is 0 Å². The van der Waals surface area contributed by atoms with Crippen LogP contribution >= 0.6 is 0 Å². The van der Waals surface area contributed by atoms with E-state index in [-0.39, 0.29) is 0 Å². The van der Waals surface area contributed by atoms with Crippen molar-refractivity contribution < 1.29 is 0 Å². The molecule has 0 unspecified atom stereocenters. The van der Waals surface area contributed by atoms with Crippen LogP contribution in [0.3, 0.4) is 0 Å². The Labute approximate surface area is 112 Å². The van der Waals surface area contributed by atoms with Crippen LogP contribution in [0.15, 0.2) is 6.33 Å². The average Bonchev–Trinajstić information content (AvgIpc) is 2.95. The summed E-state index contributed by atoms with van der Waals surface area (Å²) in [6, 6.07) is 0. The lowest BCUT2D eigenvalue weighted by atomic mass is 10.3. The van der Waals surface area contributed by atoms with Crippen molar-refractivity contribution in [1.82, 2.24) is 24.5 Å². The van der Waals surface area contributed by atoms with E-state index in [9.17, 15) is 0 Å². The van der Waals surface area contributed by atoms with Crippen molar-refractivity contribution in [3.05, 3.63) is 17.8 Å². The fourth-order valence-corrected chi connectivity index (χ4v) is 2.53. The number of rotatable bonds is 3. The number of fused-ring (bicyclic) bond motifs is 1. The number of hydrogen-bond acceptors (Lipinski definition) is 5. The van der Waals surface area contributed by atoms with Crippen molar-refractivity contribution in [2.45, 2.75) is 39.9 Å². The quantitative estimate of drug-likeness (QED) is 0.884. The molecule has 0 saturated heterocycles. The molecule has 3 rings (SSSR count). The highest BCUT2D eigenvalue weighted by Crippen LogP contribution is 2.29. The SMILES string of the molecule is CCCn1nc(C)c(N)c1N1CCn2cnnc2C1. The first kappa shape index (κ1) is 12.0. The molecule has 1 aliphatic rings. The van der Waals surface area contributed by atoms with Gasteiger partial charge in [-0.15, -0.1) is 10.2 Å². The van der Waals surface area contributed by atoms with Gasteiger partial charge in [0, 0.05) is 19.6 Å². The predicted molar refractivity (Wildman–Crippen MR) is 72.7 cm³/mol. The summed E-state index contributed by atoms with van der Waals surface area (Å²) in [5, 5.41) is 12.6. The van der Waals surface area contributed by atoms with Crippen LogP contribution in [0.25, 0.3) is 0 Å². The molecule has 2 N–H and O–H groups in total. The van der Waals surface area contributed by atoms with Crippen molar-refractivity contribution in [2.75, 3.05) is 17.2 Å². The first-order valence-corrected chi connectivity index (χ1v) is 6.65. The molecule has 102 valence electrons. The second kappa shape index (κ2) is 4.56. The fourth-order valence-electron chi connectivity index (χ4n) is 2.53. The first-order chi connectivity index (χ1) is 9.20. The second-order valence-corrected chi connectivity index (χ2v) is 4.91. The van der Waals surface area contributed by atoms with Gasteiger partial charge in [0.25, 0.3) is 0 Å². The van der Waals surface area contributed by atoms with Gasteiger partial charge in [-0.3, -0.25) is 0 Å². The minimum atomic E-state index is 0.735. The Morgan fingerprint density at radius 3 is 3.00 bits per heavy atom. The van der Waals surface area contributed by atoms with Gasteiger partial charge in [-0.25, -0.2) is 4.68 Å². The monoisotopic (exact) mass is 261 g/mol. The van der Waals surface area contributed by atoms with Gasteiger partial charge in [0.2, 0.25) is 0 Å². The zero-order valence-electron chi connectivity index (χ0n) is 11.4. The van der Waals surface area contributed by atoms with E-state index in [1.165, 1.54) is 0 Å². The molecule has 2 aromatic heterocycles. The summed E-state index contributed by atoms with van der Waals surface area (Å²) in [7, 11) is 0. The zero-order chi connectivity index (χ0) is 13.4. The van der Waals surface area contributed by atoms with Gasteiger partial charge in [0.15, 0.2) is 11.6 Å². The average molecular weight is 261 g/mol. The standard InChI is InChI=1S/C12H19N7/c1-3-4-19-12(11(13)9(2)16-19)17-5-6-18-8-14-15-10(18)7-17/h8H,3-7,13H2,1-2H3. The maximum Gasteiger partial charge on any atom is 0.152 e. The second-order valence-electron chi connectivity index (χ2n) is 4.91. The minimum Gasteiger partial charge on any atom is -0.394 e. The normalized spacial score (nSPS) is 14.7. The Bertz CT molecular complexity index is 583. The molecule has 0 bridgehead atoms. The number of hydrogen-bond donors (Lipinski definition) is 1. The third kappa shape index (κ3) is 1.94. The van der Waals surface area contributed by atoms with Gasteiger partial charge in [-0.05, 0) is 13.3 Å². The summed E-state index contributed by atoms with van der Waals surface area (Å²) >= 11 is 0. The topological polar surface area (TPSA) is 77.8 Å². The van der Waals surface area contributed by atoms with Crippen molar-refractivity contribution >= 4 is 11.5 Å². The molecule has 1 aliphatic heterocycles. The van der Waals surface area contributed by atoms with Crippen molar-refractivity contribution in [3.63, 3.8) is 0 Å². The molecule has 7 heteroatoms. The molecule has 2 aromatic rings. The Kier molecular flexibility index (Phi) is 2.88. The van der Waals surface area contributed by atoms with E-state index >= 15 is 0 Å². The number of aryl methyl sites for hydroxylation is 2. The van der Waals surface area contributed by atoms with Crippen LogP contribution in [0.4, 0.5) is 11.5 Å². The fraction of sp³-hybridized carbons (Fsp3) is 0.583. The minimum absolute atomic E-state index is 0.735. The summed E-state index contributed by atoms with van der Waals surface area (Å²) in [5.41, 5.74) is 7.87. The molecular formula is C12H19N7. The molecule has 19 heavy (non-hydrogen) atoms. The molecule has 7 nitrogen and oxygen atoms in total. The summed E-state index contributed by atoms with van der Waals surface area (Å²) in [6.07, 6.45) is 2.82. The first-order valence-electron chi connectivity index (χ1n) is 6.65. The number of anilines is 2. The summed E-state index contributed by atoms with van der Waals surface area (Å²) < 4.78 is 4.09. The van der Waals surface area contributed by atoms with E-state index in [2.05, 4.69) is 31.7 Å². The molecule has 0 aromatic carbocycles. The van der Waals surface area contributed by atoms with Gasteiger partial charge < -0.3 is 15.2 Å². The third-order valence-electron chi connectivity index (χ3n) is 3.52. The van der Waals surface area contributed by atoms with Gasteiger partial charge in [0.1, 0.15) is 6.33 Å². The van der Waals surface area contributed by atoms with E-state index in [1.807, 2.05) is 11.6 Å². The number of nitrogen functional groups attached to an aromatic ring is 1. The number of nitrogens with zero attached hydrogens (tertiary/aromatic N) is 6. The molecule has 0 spiro atoms. The van der Waals surface area contributed by atoms with Crippen LogP contribution in [-0.4, -0.2) is 31.1 Å². The van der Waals surface area contributed by atoms with Crippen LogP contribution in [0.1, 0.15) is 24.9 Å². The Morgan fingerprint density at radius 1 is 1.37 bits per heavy atom. The molecule has 0 amide bonds. The van der Waals surface area contributed by atoms with Gasteiger partial charge in [-0.2, -0.15) is 5.10 Å². The summed E-state index contributed by atoms with van der Waals surface area (Å²) in [6.45, 7) is 7.51. The molecule has 0 radical (unpaired) electrons. The van der Waals surface area contributed by atoms with Crippen molar-refractivity contribution in [1.29, 1.82) is 0 Å². The summed E-state index contributed by atoms with van der Waals surface area (Å²) in [5.74, 6) is 2.00. The maximum atomic E-state index is 6.19. The van der Waals surface area contributed by atoms with Gasteiger partial charge in [0.05, 0.1) is 17.9 Å². The van der Waals surface area contributed by atoms with E-state index in [4.69, 9.17) is 5.73 Å². The maximum absolute atomic E-state index is 6.19. The van der Waals surface area contributed by atoms with E-state index in [0.29, 0.717) is 0 Å². The van der Waals surface area contributed by atoms with Gasteiger partial charge in [-0.1, -0.05) is 6.92 Å². The molecule has 0 saturated carbocycles. The number of aromatic nitrogens is 5. The molecule has 3 heterocycles. The lowest BCUT2D eigenvalue weighted by Gasteiger charge is -2.29. The molecular weight excluding hydrogens is 242 g/mol. The van der Waals surface area contributed by atoms with Crippen molar-refractivity contribution in [2.24, 2.45) is 0 Å². The van der Waals surface area contributed by atoms with Crippen LogP contribution in [0.2, 0.25) is 0 Å². The largest absolute Gasteiger partial charge is 0.394 e. The van der Waals surface area contributed by atoms with E-state index in [1.54, 1.807) is 6.33 Å². The molecule has 0 atom stereocenters. The summed E-state index contributed by atoms with van der Waals surface area (Å²) in [4.78, 5) is 2.25. The van der Waals surface area contributed by atoms with E-state index in [0.717, 1.165) is 55.6 Å². The zero-order valence-corrected chi connectivity index (χ0v) is 11.4. The van der Waals surface area contributed by atoms with E-state index < -0.39 is 0 Å².